The van der Waals surface area contributed by atoms with Gasteiger partial charge in [-0.2, -0.15) is 13.2 Å². The van der Waals surface area contributed by atoms with Crippen molar-refractivity contribution in [3.05, 3.63) is 64.4 Å². The Morgan fingerprint density at radius 3 is 2.29 bits per heavy atom. The van der Waals surface area contributed by atoms with Crippen LogP contribution in [0.3, 0.4) is 0 Å². The van der Waals surface area contributed by atoms with Crippen LogP contribution in [0.2, 0.25) is 0 Å². The van der Waals surface area contributed by atoms with Gasteiger partial charge in [0.1, 0.15) is 11.4 Å². The maximum absolute atomic E-state index is 13.9. The van der Waals surface area contributed by atoms with Gasteiger partial charge in [-0.15, -0.1) is 0 Å². The molecule has 1 aromatic carbocycles. The lowest BCUT2D eigenvalue weighted by Gasteiger charge is -2.23. The molecule has 1 aromatic rings. The first-order chi connectivity index (χ1) is 16.2. The quantitative estimate of drug-likeness (QED) is 0.502. The number of aliphatic imine (C=N–C) groups is 2. The number of nitrogens with zero attached hydrogens (tertiary/aromatic N) is 4. The van der Waals surface area contributed by atoms with E-state index in [2.05, 4.69) is 16.8 Å². The lowest BCUT2D eigenvalue weighted by Crippen LogP contribution is -2.36. The summed E-state index contributed by atoms with van der Waals surface area (Å²) in [5, 5.41) is 0. The van der Waals surface area contributed by atoms with Crippen LogP contribution in [0, 0.1) is 0 Å². The minimum Gasteiger partial charge on any atom is -0.340 e. The monoisotopic (exact) mass is 472 g/mol. The Hall–Kier alpha value is -3.00. The minimum atomic E-state index is -4.61. The van der Waals surface area contributed by atoms with Gasteiger partial charge in [0.25, 0.3) is 0 Å². The second-order valence-electron chi connectivity index (χ2n) is 8.17. The SMILES string of the molecule is C/C=C1/C2=NC(N(CC)CCN(C)CC)=NC2=C(c2ccccc2C(F)(F)F)C(=O)/C1=C/CC. The highest BCUT2D eigenvalue weighted by atomic mass is 19.4. The van der Waals surface area contributed by atoms with Gasteiger partial charge in [0.15, 0.2) is 5.78 Å². The molecule has 182 valence electrons. The zero-order chi connectivity index (χ0) is 25.0. The molecule has 1 aliphatic heterocycles. The Labute approximate surface area is 199 Å². The molecule has 8 heteroatoms. The lowest BCUT2D eigenvalue weighted by molar-refractivity contribution is -0.137. The van der Waals surface area contributed by atoms with E-state index < -0.39 is 17.5 Å². The van der Waals surface area contributed by atoms with Crippen molar-refractivity contribution in [3.8, 4) is 0 Å². The van der Waals surface area contributed by atoms with Gasteiger partial charge < -0.3 is 9.80 Å². The molecule has 0 spiro atoms. The average molecular weight is 473 g/mol. The van der Waals surface area contributed by atoms with Crippen LogP contribution in [0.15, 0.2) is 63.2 Å². The van der Waals surface area contributed by atoms with Gasteiger partial charge in [0.2, 0.25) is 5.96 Å². The van der Waals surface area contributed by atoms with E-state index in [4.69, 9.17) is 4.99 Å². The number of benzene rings is 1. The highest BCUT2D eigenvalue weighted by Gasteiger charge is 2.41. The number of halogens is 3. The zero-order valence-corrected chi connectivity index (χ0v) is 20.3. The molecule has 0 radical (unpaired) electrons. The molecular weight excluding hydrogens is 441 g/mol. The Morgan fingerprint density at radius 1 is 1.00 bits per heavy atom. The van der Waals surface area contributed by atoms with Crippen molar-refractivity contribution in [2.45, 2.75) is 40.3 Å². The number of hydrogen-bond acceptors (Lipinski definition) is 5. The fraction of sp³-hybridized carbons (Fsp3) is 0.423. The summed E-state index contributed by atoms with van der Waals surface area (Å²) in [6.07, 6.45) is -0.515. The van der Waals surface area contributed by atoms with Crippen LogP contribution in [0.4, 0.5) is 13.2 Å². The number of alkyl halides is 3. The van der Waals surface area contributed by atoms with E-state index in [1.54, 1.807) is 19.1 Å². The van der Waals surface area contributed by atoms with Gasteiger partial charge in [-0.05, 0) is 39.9 Å². The summed E-state index contributed by atoms with van der Waals surface area (Å²) >= 11 is 0. The maximum Gasteiger partial charge on any atom is 0.417 e. The van der Waals surface area contributed by atoms with Crippen molar-refractivity contribution in [2.75, 3.05) is 33.2 Å². The molecule has 34 heavy (non-hydrogen) atoms. The van der Waals surface area contributed by atoms with Gasteiger partial charge in [-0.3, -0.25) is 4.79 Å². The number of ketones is 1. The highest BCUT2D eigenvalue weighted by molar-refractivity contribution is 6.45. The summed E-state index contributed by atoms with van der Waals surface area (Å²) < 4.78 is 41.7. The number of allylic oxidation sites excluding steroid dienone is 5. The summed E-state index contributed by atoms with van der Waals surface area (Å²) in [4.78, 5) is 27.2. The van der Waals surface area contributed by atoms with Crippen molar-refractivity contribution < 1.29 is 18.0 Å². The van der Waals surface area contributed by atoms with Crippen molar-refractivity contribution >= 4 is 23.0 Å². The number of carbonyl (C=O) groups is 1. The van der Waals surface area contributed by atoms with Crippen molar-refractivity contribution in [1.29, 1.82) is 0 Å². The summed E-state index contributed by atoms with van der Waals surface area (Å²) in [5.41, 5.74) is 0.560. The number of hydrogen-bond donors (Lipinski definition) is 0. The van der Waals surface area contributed by atoms with Crippen LogP contribution in [0.1, 0.15) is 45.2 Å². The van der Waals surface area contributed by atoms with Crippen LogP contribution in [0.25, 0.3) is 5.57 Å². The molecule has 1 aliphatic carbocycles. The predicted molar refractivity (Wildman–Crippen MR) is 131 cm³/mol. The van der Waals surface area contributed by atoms with Gasteiger partial charge >= 0.3 is 6.18 Å². The molecule has 0 bridgehead atoms. The summed E-state index contributed by atoms with van der Waals surface area (Å²) in [7, 11) is 2.02. The number of likely N-dealkylation sites (N-methyl/N-ethyl adjacent to an activating group) is 2. The molecule has 0 unspecified atom stereocenters. The molecule has 5 nitrogen and oxygen atoms in total. The van der Waals surface area contributed by atoms with Gasteiger partial charge in [0, 0.05) is 36.3 Å². The third-order valence-corrected chi connectivity index (χ3v) is 6.06. The van der Waals surface area contributed by atoms with Crippen molar-refractivity contribution in [2.24, 2.45) is 9.98 Å². The predicted octanol–water partition coefficient (Wildman–Crippen LogP) is 5.37. The standard InChI is InChI=1S/C26H31F3N4O/c1-6-12-18-17(7-2)22-23(31-25(30-22)33(9-4)16-15-32(5)8-3)21(24(18)34)19-13-10-11-14-20(19)26(27,28)29/h7,10-14H,6,8-9,15-16H2,1-5H3/b17-7+,18-12+. The van der Waals surface area contributed by atoms with Crippen LogP contribution in [-0.4, -0.2) is 60.5 Å². The third-order valence-electron chi connectivity index (χ3n) is 6.06. The fourth-order valence-electron chi connectivity index (χ4n) is 4.07. The van der Waals surface area contributed by atoms with Gasteiger partial charge in [-0.1, -0.05) is 44.2 Å². The van der Waals surface area contributed by atoms with Crippen LogP contribution >= 0.6 is 0 Å². The Balaban J connectivity index is 2.25. The average Bonchev–Trinajstić information content (AvgIpc) is 3.23. The molecule has 0 atom stereocenters. The number of Topliss-reactive ketones (excluding diaryl/α,β-unsaturated/α-hetero) is 1. The molecule has 0 saturated heterocycles. The van der Waals surface area contributed by atoms with Gasteiger partial charge in [0.05, 0.1) is 11.1 Å². The second-order valence-corrected chi connectivity index (χ2v) is 8.17. The van der Waals surface area contributed by atoms with E-state index in [0.29, 0.717) is 42.3 Å². The van der Waals surface area contributed by atoms with Crippen LogP contribution < -0.4 is 0 Å². The molecule has 0 saturated carbocycles. The molecule has 0 N–H and O–H groups in total. The Bertz CT molecular complexity index is 1110. The van der Waals surface area contributed by atoms with Crippen LogP contribution in [-0.2, 0) is 11.0 Å². The Morgan fingerprint density at radius 2 is 1.71 bits per heavy atom. The Kier molecular flexibility index (Phi) is 7.92. The molecule has 3 rings (SSSR count). The minimum absolute atomic E-state index is 0.0475. The molecule has 1 heterocycles. The number of guanidine groups is 1. The first kappa shape index (κ1) is 25.6. The van der Waals surface area contributed by atoms with Crippen LogP contribution in [0.5, 0.6) is 0 Å². The topological polar surface area (TPSA) is 48.3 Å². The van der Waals surface area contributed by atoms with E-state index in [0.717, 1.165) is 19.2 Å². The molecule has 0 amide bonds. The molecule has 0 aromatic heterocycles. The fourth-order valence-corrected chi connectivity index (χ4v) is 4.07. The van der Waals surface area contributed by atoms with E-state index in [1.807, 2.05) is 25.8 Å². The second kappa shape index (κ2) is 10.5. The maximum atomic E-state index is 13.9. The van der Waals surface area contributed by atoms with E-state index in [-0.39, 0.29) is 16.8 Å². The largest absolute Gasteiger partial charge is 0.417 e. The zero-order valence-electron chi connectivity index (χ0n) is 20.3. The lowest BCUT2D eigenvalue weighted by atomic mass is 9.80. The molecular formula is C26H31F3N4O. The summed E-state index contributed by atoms with van der Waals surface area (Å²) in [6.45, 7) is 10.7. The van der Waals surface area contributed by atoms with E-state index in [9.17, 15) is 18.0 Å². The molecule has 2 aliphatic rings. The van der Waals surface area contributed by atoms with E-state index >= 15 is 0 Å². The number of fused-ring (bicyclic) bond motifs is 1. The highest BCUT2D eigenvalue weighted by Crippen LogP contribution is 2.42. The van der Waals surface area contributed by atoms with Crippen molar-refractivity contribution in [3.63, 3.8) is 0 Å². The van der Waals surface area contributed by atoms with E-state index in [1.165, 1.54) is 18.2 Å². The van der Waals surface area contributed by atoms with Gasteiger partial charge in [-0.25, -0.2) is 9.98 Å². The number of carbonyl (C=O) groups excluding carboxylic acids is 1. The first-order valence-electron chi connectivity index (χ1n) is 11.6. The molecule has 0 fully saturated rings. The first-order valence-corrected chi connectivity index (χ1v) is 11.6. The summed E-state index contributed by atoms with van der Waals surface area (Å²) in [6, 6.07) is 5.17. The number of rotatable bonds is 7. The normalized spacial score (nSPS) is 18.7. The summed E-state index contributed by atoms with van der Waals surface area (Å²) in [5.74, 6) is -0.0387. The smallest absolute Gasteiger partial charge is 0.340 e. The third kappa shape index (κ3) is 4.92. The van der Waals surface area contributed by atoms with Crippen molar-refractivity contribution in [1.82, 2.24) is 9.80 Å².